The molecule has 2 rings (SSSR count). The third-order valence-electron chi connectivity index (χ3n) is 3.90. The Morgan fingerprint density at radius 2 is 1.89 bits per heavy atom. The first-order chi connectivity index (χ1) is 8.61. The molecule has 0 aromatic heterocycles. The highest BCUT2D eigenvalue weighted by Gasteiger charge is 2.30. The highest BCUT2D eigenvalue weighted by molar-refractivity contribution is 5.25. The molecule has 1 heterocycles. The zero-order chi connectivity index (χ0) is 13.1. The van der Waals surface area contributed by atoms with Crippen molar-refractivity contribution < 1.29 is 0 Å². The lowest BCUT2D eigenvalue weighted by molar-refractivity contribution is 0.0876. The number of hydrogen-bond acceptors (Lipinski definition) is 4. The summed E-state index contributed by atoms with van der Waals surface area (Å²) in [6.07, 6.45) is 0. The number of aryl methyl sites for hydroxylation is 1. The van der Waals surface area contributed by atoms with E-state index in [4.69, 9.17) is 5.84 Å². The number of likely N-dealkylation sites (N-methyl/N-ethyl adjacent to an activating group) is 2. The van der Waals surface area contributed by atoms with Crippen LogP contribution in [0.1, 0.15) is 17.2 Å². The van der Waals surface area contributed by atoms with E-state index in [-0.39, 0.29) is 6.04 Å². The van der Waals surface area contributed by atoms with Crippen LogP contribution in [0.15, 0.2) is 24.3 Å². The molecule has 1 saturated heterocycles. The van der Waals surface area contributed by atoms with Crippen LogP contribution in [0.25, 0.3) is 0 Å². The molecule has 0 aliphatic carbocycles. The van der Waals surface area contributed by atoms with Gasteiger partial charge in [0, 0.05) is 25.7 Å². The minimum atomic E-state index is 0.179. The minimum Gasteiger partial charge on any atom is -0.303 e. The van der Waals surface area contributed by atoms with Gasteiger partial charge in [-0.15, -0.1) is 0 Å². The molecule has 1 aliphatic rings. The molecule has 1 aromatic rings. The Hall–Kier alpha value is -0.940. The van der Waals surface area contributed by atoms with Crippen molar-refractivity contribution in [2.45, 2.75) is 19.0 Å². The van der Waals surface area contributed by atoms with Crippen molar-refractivity contribution in [1.82, 2.24) is 15.2 Å². The van der Waals surface area contributed by atoms with E-state index in [2.05, 4.69) is 60.5 Å². The maximum Gasteiger partial charge on any atom is 0.0627 e. The molecule has 1 fully saturated rings. The molecule has 1 aliphatic heterocycles. The van der Waals surface area contributed by atoms with Crippen molar-refractivity contribution in [2.75, 3.05) is 33.7 Å². The quantitative estimate of drug-likeness (QED) is 0.612. The summed E-state index contributed by atoms with van der Waals surface area (Å²) < 4.78 is 0. The summed E-state index contributed by atoms with van der Waals surface area (Å²) in [5.41, 5.74) is 5.53. The van der Waals surface area contributed by atoms with Crippen molar-refractivity contribution in [3.05, 3.63) is 35.4 Å². The lowest BCUT2D eigenvalue weighted by atomic mass is 9.96. The molecule has 2 atom stereocenters. The number of piperazine rings is 1. The van der Waals surface area contributed by atoms with Crippen LogP contribution < -0.4 is 11.3 Å². The van der Waals surface area contributed by atoms with Gasteiger partial charge in [0.25, 0.3) is 0 Å². The van der Waals surface area contributed by atoms with Crippen molar-refractivity contribution in [3.63, 3.8) is 0 Å². The molecule has 18 heavy (non-hydrogen) atoms. The fourth-order valence-corrected chi connectivity index (χ4v) is 2.61. The van der Waals surface area contributed by atoms with Crippen molar-refractivity contribution >= 4 is 0 Å². The Morgan fingerprint density at radius 3 is 2.50 bits per heavy atom. The number of hydrazine groups is 1. The Bertz CT molecular complexity index is 376. The van der Waals surface area contributed by atoms with E-state index >= 15 is 0 Å². The number of nitrogens with zero attached hydrogens (tertiary/aromatic N) is 2. The van der Waals surface area contributed by atoms with Crippen molar-refractivity contribution in [3.8, 4) is 0 Å². The Kier molecular flexibility index (Phi) is 4.35. The molecular formula is C14H24N4. The van der Waals surface area contributed by atoms with Crippen LogP contribution in [0.5, 0.6) is 0 Å². The SMILES string of the molecule is Cc1ccc(C(NN)C2CN(C)CCN2C)cc1. The first-order valence-electron chi connectivity index (χ1n) is 6.53. The van der Waals surface area contributed by atoms with Crippen LogP contribution in [0.3, 0.4) is 0 Å². The van der Waals surface area contributed by atoms with Gasteiger partial charge in [-0.05, 0) is 26.6 Å². The summed E-state index contributed by atoms with van der Waals surface area (Å²) in [6, 6.07) is 9.22. The van der Waals surface area contributed by atoms with E-state index in [1.54, 1.807) is 0 Å². The molecule has 100 valence electrons. The second-order valence-corrected chi connectivity index (χ2v) is 5.37. The van der Waals surface area contributed by atoms with E-state index in [1.807, 2.05) is 0 Å². The van der Waals surface area contributed by atoms with Gasteiger partial charge >= 0.3 is 0 Å². The van der Waals surface area contributed by atoms with Crippen LogP contribution >= 0.6 is 0 Å². The molecular weight excluding hydrogens is 224 g/mol. The number of nitrogens with one attached hydrogen (secondary N) is 1. The fraction of sp³-hybridized carbons (Fsp3) is 0.571. The molecule has 4 heteroatoms. The second-order valence-electron chi connectivity index (χ2n) is 5.37. The highest BCUT2D eigenvalue weighted by atomic mass is 15.3. The summed E-state index contributed by atoms with van der Waals surface area (Å²) in [7, 11) is 4.35. The number of nitrogens with two attached hydrogens (primary N) is 1. The maximum absolute atomic E-state index is 5.79. The van der Waals surface area contributed by atoms with Crippen LogP contribution in [0.4, 0.5) is 0 Å². The van der Waals surface area contributed by atoms with Gasteiger partial charge in [-0.25, -0.2) is 0 Å². The van der Waals surface area contributed by atoms with Crippen LogP contribution in [0.2, 0.25) is 0 Å². The standard InChI is InChI=1S/C14H24N4/c1-11-4-6-12(7-5-11)14(16-15)13-10-17(2)8-9-18(13)3/h4-7,13-14,16H,8-10,15H2,1-3H3. The Morgan fingerprint density at radius 1 is 1.22 bits per heavy atom. The zero-order valence-corrected chi connectivity index (χ0v) is 11.6. The first kappa shape index (κ1) is 13.5. The lowest BCUT2D eigenvalue weighted by Gasteiger charge is -2.41. The van der Waals surface area contributed by atoms with Gasteiger partial charge in [0.2, 0.25) is 0 Å². The zero-order valence-electron chi connectivity index (χ0n) is 11.6. The summed E-state index contributed by atoms with van der Waals surface area (Å²) >= 11 is 0. The summed E-state index contributed by atoms with van der Waals surface area (Å²) in [5, 5.41) is 0. The normalized spacial score (nSPS) is 24.1. The van der Waals surface area contributed by atoms with Crippen molar-refractivity contribution in [2.24, 2.45) is 5.84 Å². The molecule has 0 spiro atoms. The molecule has 4 nitrogen and oxygen atoms in total. The topological polar surface area (TPSA) is 44.5 Å². The summed E-state index contributed by atoms with van der Waals surface area (Å²) in [6.45, 7) is 5.36. The highest BCUT2D eigenvalue weighted by Crippen LogP contribution is 2.22. The van der Waals surface area contributed by atoms with E-state index in [0.29, 0.717) is 6.04 Å². The monoisotopic (exact) mass is 248 g/mol. The van der Waals surface area contributed by atoms with E-state index in [1.165, 1.54) is 11.1 Å². The smallest absolute Gasteiger partial charge is 0.0627 e. The van der Waals surface area contributed by atoms with Crippen molar-refractivity contribution in [1.29, 1.82) is 0 Å². The average molecular weight is 248 g/mol. The van der Waals surface area contributed by atoms with Gasteiger partial charge in [-0.1, -0.05) is 29.8 Å². The molecule has 0 radical (unpaired) electrons. The van der Waals surface area contributed by atoms with E-state index in [0.717, 1.165) is 19.6 Å². The number of hydrogen-bond donors (Lipinski definition) is 2. The molecule has 3 N–H and O–H groups in total. The van der Waals surface area contributed by atoms with Gasteiger partial charge < -0.3 is 4.90 Å². The summed E-state index contributed by atoms with van der Waals surface area (Å²) in [4.78, 5) is 4.76. The Labute approximate surface area is 110 Å². The van der Waals surface area contributed by atoms with Crippen LogP contribution in [-0.2, 0) is 0 Å². The lowest BCUT2D eigenvalue weighted by Crippen LogP contribution is -2.56. The van der Waals surface area contributed by atoms with Gasteiger partial charge in [0.15, 0.2) is 0 Å². The molecule has 0 saturated carbocycles. The number of rotatable bonds is 3. The van der Waals surface area contributed by atoms with Gasteiger partial charge in [-0.3, -0.25) is 16.2 Å². The molecule has 1 aromatic carbocycles. The fourth-order valence-electron chi connectivity index (χ4n) is 2.61. The molecule has 0 amide bonds. The van der Waals surface area contributed by atoms with Crippen LogP contribution in [-0.4, -0.2) is 49.6 Å². The molecule has 2 unspecified atom stereocenters. The maximum atomic E-state index is 5.79. The predicted octanol–water partition coefficient (Wildman–Crippen LogP) is 0.745. The minimum absolute atomic E-state index is 0.179. The van der Waals surface area contributed by atoms with E-state index < -0.39 is 0 Å². The predicted molar refractivity (Wildman–Crippen MR) is 75.2 cm³/mol. The summed E-state index contributed by atoms with van der Waals surface area (Å²) in [5.74, 6) is 5.79. The third kappa shape index (κ3) is 2.90. The van der Waals surface area contributed by atoms with Gasteiger partial charge in [-0.2, -0.15) is 0 Å². The van der Waals surface area contributed by atoms with E-state index in [9.17, 15) is 0 Å². The van der Waals surface area contributed by atoms with Gasteiger partial charge in [0.1, 0.15) is 0 Å². The number of benzene rings is 1. The van der Waals surface area contributed by atoms with Crippen LogP contribution in [0, 0.1) is 6.92 Å². The third-order valence-corrected chi connectivity index (χ3v) is 3.90. The second kappa shape index (κ2) is 5.80. The van der Waals surface area contributed by atoms with Gasteiger partial charge in [0.05, 0.1) is 6.04 Å². The first-order valence-corrected chi connectivity index (χ1v) is 6.53. The average Bonchev–Trinajstić information content (AvgIpc) is 2.37. The largest absolute Gasteiger partial charge is 0.303 e. The Balaban J connectivity index is 2.19. The molecule has 0 bridgehead atoms.